The van der Waals surface area contributed by atoms with Gasteiger partial charge in [-0.2, -0.15) is 0 Å². The van der Waals surface area contributed by atoms with Crippen LogP contribution in [0.2, 0.25) is 0 Å². The Morgan fingerprint density at radius 2 is 1.80 bits per heavy atom. The zero-order valence-corrected chi connectivity index (χ0v) is 17.3. The smallest absolute Gasteiger partial charge is 0.193 e. The predicted octanol–water partition coefficient (Wildman–Crippen LogP) is 4.30. The number of halogens is 1. The molecule has 0 saturated heterocycles. The number of hydrogen-bond donors (Lipinski definition) is 2. The number of aryl methyl sites for hydroxylation is 2. The highest BCUT2D eigenvalue weighted by molar-refractivity contribution is 14.0. The number of guanidine groups is 1. The third-order valence-corrected chi connectivity index (χ3v) is 3.89. The molecule has 0 fully saturated rings. The van der Waals surface area contributed by atoms with E-state index in [9.17, 15) is 0 Å². The van der Waals surface area contributed by atoms with Gasteiger partial charge in [-0.25, -0.2) is 0 Å². The highest BCUT2D eigenvalue weighted by Crippen LogP contribution is 2.13. The van der Waals surface area contributed by atoms with Crippen molar-refractivity contribution in [3.63, 3.8) is 0 Å². The minimum absolute atomic E-state index is 0. The standard InChI is InChI=1S/C20H27N3O.HI/c1-16-9-10-19(15-17(16)2)23-20(21)22-12-6-13-24-14-11-18-7-4-3-5-8-18;/h3-5,7-10,15H,6,11-14H2,1-2H3,(H3,21,22,23);1H. The molecule has 0 amide bonds. The quantitative estimate of drug-likeness (QED) is 0.271. The van der Waals surface area contributed by atoms with E-state index in [1.165, 1.54) is 16.7 Å². The SMILES string of the molecule is Cc1ccc(NC(N)=NCCCOCCc2ccccc2)cc1C.I. The van der Waals surface area contributed by atoms with Crippen LogP contribution in [0.15, 0.2) is 53.5 Å². The molecule has 2 aromatic rings. The Labute approximate surface area is 167 Å². The van der Waals surface area contributed by atoms with Crippen LogP contribution in [0.4, 0.5) is 5.69 Å². The van der Waals surface area contributed by atoms with E-state index in [4.69, 9.17) is 10.5 Å². The second-order valence-electron chi connectivity index (χ2n) is 5.89. The van der Waals surface area contributed by atoms with Crippen molar-refractivity contribution in [1.29, 1.82) is 0 Å². The van der Waals surface area contributed by atoms with Crippen molar-refractivity contribution in [3.8, 4) is 0 Å². The van der Waals surface area contributed by atoms with Crippen LogP contribution in [-0.2, 0) is 11.2 Å². The first-order chi connectivity index (χ1) is 11.6. The first-order valence-corrected chi connectivity index (χ1v) is 8.41. The summed E-state index contributed by atoms with van der Waals surface area (Å²) in [4.78, 5) is 4.33. The molecule has 4 nitrogen and oxygen atoms in total. The van der Waals surface area contributed by atoms with Gasteiger partial charge in [-0.15, -0.1) is 24.0 Å². The van der Waals surface area contributed by atoms with Crippen LogP contribution in [0.5, 0.6) is 0 Å². The molecule has 0 aliphatic rings. The van der Waals surface area contributed by atoms with Gasteiger partial charge >= 0.3 is 0 Å². The normalized spacial score (nSPS) is 11.0. The summed E-state index contributed by atoms with van der Waals surface area (Å²) in [5.41, 5.74) is 10.7. The molecule has 2 aromatic carbocycles. The van der Waals surface area contributed by atoms with Crippen molar-refractivity contribution in [2.45, 2.75) is 26.7 Å². The van der Waals surface area contributed by atoms with Gasteiger partial charge in [-0.1, -0.05) is 36.4 Å². The molecule has 25 heavy (non-hydrogen) atoms. The first-order valence-electron chi connectivity index (χ1n) is 8.41. The van der Waals surface area contributed by atoms with Gasteiger partial charge in [0.1, 0.15) is 0 Å². The molecule has 0 saturated carbocycles. The van der Waals surface area contributed by atoms with E-state index < -0.39 is 0 Å². The van der Waals surface area contributed by atoms with Gasteiger partial charge in [0, 0.05) is 18.8 Å². The molecular formula is C20H28IN3O. The highest BCUT2D eigenvalue weighted by Gasteiger charge is 1.98. The number of rotatable bonds is 8. The lowest BCUT2D eigenvalue weighted by molar-refractivity contribution is 0.136. The van der Waals surface area contributed by atoms with Crippen molar-refractivity contribution < 1.29 is 4.74 Å². The maximum absolute atomic E-state index is 5.91. The van der Waals surface area contributed by atoms with Crippen LogP contribution in [0, 0.1) is 13.8 Å². The lowest BCUT2D eigenvalue weighted by atomic mass is 10.1. The molecule has 2 rings (SSSR count). The van der Waals surface area contributed by atoms with Gasteiger partial charge in [0.25, 0.3) is 0 Å². The number of ether oxygens (including phenoxy) is 1. The summed E-state index contributed by atoms with van der Waals surface area (Å²) in [6.45, 7) is 6.28. The molecule has 0 aromatic heterocycles. The van der Waals surface area contributed by atoms with E-state index in [0.29, 0.717) is 19.1 Å². The molecule has 3 N–H and O–H groups in total. The first kappa shape index (κ1) is 21.4. The maximum atomic E-state index is 5.91. The van der Waals surface area contributed by atoms with Crippen molar-refractivity contribution in [3.05, 3.63) is 65.2 Å². The Hall–Kier alpha value is -1.60. The van der Waals surface area contributed by atoms with E-state index in [1.807, 2.05) is 12.1 Å². The Kier molecular flexibility index (Phi) is 10.2. The van der Waals surface area contributed by atoms with Crippen molar-refractivity contribution in [2.75, 3.05) is 25.1 Å². The zero-order chi connectivity index (χ0) is 17.2. The average Bonchev–Trinajstić information content (AvgIpc) is 2.58. The summed E-state index contributed by atoms with van der Waals surface area (Å²) in [6.07, 6.45) is 1.81. The lowest BCUT2D eigenvalue weighted by Crippen LogP contribution is -2.23. The number of nitrogens with two attached hydrogens (primary N) is 1. The van der Waals surface area contributed by atoms with E-state index >= 15 is 0 Å². The van der Waals surface area contributed by atoms with Crippen LogP contribution < -0.4 is 11.1 Å². The maximum Gasteiger partial charge on any atom is 0.193 e. The molecular weight excluding hydrogens is 425 g/mol. The fraction of sp³-hybridized carbons (Fsp3) is 0.350. The van der Waals surface area contributed by atoms with E-state index in [-0.39, 0.29) is 24.0 Å². The van der Waals surface area contributed by atoms with Gasteiger partial charge < -0.3 is 15.8 Å². The van der Waals surface area contributed by atoms with Gasteiger partial charge in [-0.3, -0.25) is 4.99 Å². The van der Waals surface area contributed by atoms with Crippen molar-refractivity contribution in [2.24, 2.45) is 10.7 Å². The number of nitrogens with one attached hydrogen (secondary N) is 1. The topological polar surface area (TPSA) is 59.6 Å². The Bertz CT molecular complexity index is 659. The molecule has 0 radical (unpaired) electrons. The van der Waals surface area contributed by atoms with Crippen molar-refractivity contribution in [1.82, 2.24) is 0 Å². The summed E-state index contributed by atoms with van der Waals surface area (Å²) in [6, 6.07) is 16.5. The number of anilines is 1. The van der Waals surface area contributed by atoms with Crippen LogP contribution in [-0.4, -0.2) is 25.7 Å². The number of hydrogen-bond acceptors (Lipinski definition) is 2. The minimum atomic E-state index is 0. The number of aliphatic imine (C=N–C) groups is 1. The molecule has 0 bridgehead atoms. The fourth-order valence-electron chi connectivity index (χ4n) is 2.31. The summed E-state index contributed by atoms with van der Waals surface area (Å²) in [7, 11) is 0. The van der Waals surface area contributed by atoms with Gasteiger partial charge in [-0.05, 0) is 55.5 Å². The highest BCUT2D eigenvalue weighted by atomic mass is 127. The van der Waals surface area contributed by atoms with Crippen LogP contribution in [0.25, 0.3) is 0 Å². The summed E-state index contributed by atoms with van der Waals surface area (Å²) in [5, 5.41) is 3.12. The minimum Gasteiger partial charge on any atom is -0.381 e. The van der Waals surface area contributed by atoms with Crippen LogP contribution in [0.1, 0.15) is 23.1 Å². The zero-order valence-electron chi connectivity index (χ0n) is 15.0. The number of nitrogens with zero attached hydrogens (tertiary/aromatic N) is 1. The van der Waals surface area contributed by atoms with E-state index in [1.54, 1.807) is 0 Å². The van der Waals surface area contributed by atoms with E-state index in [2.05, 4.69) is 60.6 Å². The average molecular weight is 453 g/mol. The molecule has 0 heterocycles. The van der Waals surface area contributed by atoms with Crippen LogP contribution in [0.3, 0.4) is 0 Å². The van der Waals surface area contributed by atoms with E-state index in [0.717, 1.165) is 25.1 Å². The molecule has 5 heteroatoms. The van der Waals surface area contributed by atoms with Crippen molar-refractivity contribution >= 4 is 35.6 Å². The Morgan fingerprint density at radius 1 is 1.04 bits per heavy atom. The molecule has 0 unspecified atom stereocenters. The third-order valence-electron chi connectivity index (χ3n) is 3.89. The molecule has 136 valence electrons. The van der Waals surface area contributed by atoms with Gasteiger partial charge in [0.15, 0.2) is 5.96 Å². The second kappa shape index (κ2) is 11.9. The summed E-state index contributed by atoms with van der Waals surface area (Å²) < 4.78 is 5.64. The summed E-state index contributed by atoms with van der Waals surface area (Å²) in [5.74, 6) is 0.447. The van der Waals surface area contributed by atoms with Gasteiger partial charge in [0.2, 0.25) is 0 Å². The molecule has 0 spiro atoms. The molecule has 0 aliphatic heterocycles. The Balaban J connectivity index is 0.00000312. The second-order valence-corrected chi connectivity index (χ2v) is 5.89. The molecule has 0 aliphatic carbocycles. The van der Waals surface area contributed by atoms with Crippen LogP contribution >= 0.6 is 24.0 Å². The molecule has 0 atom stereocenters. The lowest BCUT2D eigenvalue weighted by Gasteiger charge is -2.08. The third kappa shape index (κ3) is 8.36. The predicted molar refractivity (Wildman–Crippen MR) is 117 cm³/mol. The summed E-state index contributed by atoms with van der Waals surface area (Å²) >= 11 is 0. The fourth-order valence-corrected chi connectivity index (χ4v) is 2.31. The van der Waals surface area contributed by atoms with Gasteiger partial charge in [0.05, 0.1) is 6.61 Å². The largest absolute Gasteiger partial charge is 0.381 e. The Morgan fingerprint density at radius 3 is 2.52 bits per heavy atom. The number of benzene rings is 2. The monoisotopic (exact) mass is 453 g/mol.